The van der Waals surface area contributed by atoms with Crippen molar-refractivity contribution in [1.82, 2.24) is 4.90 Å². The van der Waals surface area contributed by atoms with Crippen molar-refractivity contribution in [2.24, 2.45) is 0 Å². The monoisotopic (exact) mass is 279 g/mol. The van der Waals surface area contributed by atoms with Gasteiger partial charge in [-0.25, -0.2) is 0 Å². The Kier molecular flexibility index (Phi) is 5.28. The van der Waals surface area contributed by atoms with Crippen LogP contribution in [0.1, 0.15) is 18.9 Å². The molecule has 1 aliphatic heterocycles. The number of nitrogens with zero attached hydrogens (tertiary/aromatic N) is 1. The first-order valence-corrected chi connectivity index (χ1v) is 7.64. The zero-order chi connectivity index (χ0) is 13.7. The molecule has 1 atom stereocenters. The van der Waals surface area contributed by atoms with Crippen molar-refractivity contribution in [3.8, 4) is 0 Å². The molecule has 3 nitrogen and oxygen atoms in total. The van der Waals surface area contributed by atoms with Crippen molar-refractivity contribution in [1.29, 1.82) is 0 Å². The molecule has 0 spiro atoms. The van der Waals surface area contributed by atoms with Crippen LogP contribution in [0.25, 0.3) is 0 Å². The Labute approximate surface area is 119 Å². The molecule has 1 aromatic rings. The molecule has 1 aromatic carbocycles. The highest BCUT2D eigenvalue weighted by molar-refractivity contribution is 8.00. The number of carbonyl (C=O) groups excluding carboxylic acids is 1. The average Bonchev–Trinajstić information content (AvgIpc) is 2.80. The minimum absolute atomic E-state index is 0.144. The van der Waals surface area contributed by atoms with Gasteiger partial charge >= 0.3 is 5.97 Å². The summed E-state index contributed by atoms with van der Waals surface area (Å²) in [6.07, 6.45) is 2.16. The van der Waals surface area contributed by atoms with Gasteiger partial charge in [-0.05, 0) is 31.0 Å². The topological polar surface area (TPSA) is 29.5 Å². The van der Waals surface area contributed by atoms with Gasteiger partial charge in [0.05, 0.1) is 13.7 Å². The van der Waals surface area contributed by atoms with Crippen molar-refractivity contribution in [2.75, 3.05) is 26.7 Å². The molecule has 19 heavy (non-hydrogen) atoms. The van der Waals surface area contributed by atoms with Crippen LogP contribution in [0.5, 0.6) is 0 Å². The van der Waals surface area contributed by atoms with Crippen LogP contribution in [-0.4, -0.2) is 42.9 Å². The standard InChI is InChI=1S/C15H21NO2S/c1-3-8-16(11-15(17)18-2)10-13-9-12-6-4-5-7-14(12)19-13/h4-7,13H,3,8-11H2,1-2H3. The minimum atomic E-state index is -0.144. The van der Waals surface area contributed by atoms with Crippen molar-refractivity contribution in [3.05, 3.63) is 29.8 Å². The maximum Gasteiger partial charge on any atom is 0.319 e. The quantitative estimate of drug-likeness (QED) is 0.749. The highest BCUT2D eigenvalue weighted by Gasteiger charge is 2.24. The minimum Gasteiger partial charge on any atom is -0.468 e. The molecular weight excluding hydrogens is 258 g/mol. The SMILES string of the molecule is CCCN(CC(=O)OC)CC1Cc2ccccc2S1. The van der Waals surface area contributed by atoms with E-state index in [1.54, 1.807) is 0 Å². The lowest BCUT2D eigenvalue weighted by Gasteiger charge is -2.23. The highest BCUT2D eigenvalue weighted by atomic mass is 32.2. The smallest absolute Gasteiger partial charge is 0.319 e. The van der Waals surface area contributed by atoms with Crippen molar-refractivity contribution in [2.45, 2.75) is 29.9 Å². The molecule has 2 rings (SSSR count). The van der Waals surface area contributed by atoms with Gasteiger partial charge < -0.3 is 4.74 Å². The Morgan fingerprint density at radius 1 is 1.47 bits per heavy atom. The maximum atomic E-state index is 11.4. The van der Waals surface area contributed by atoms with Gasteiger partial charge in [0.15, 0.2) is 0 Å². The lowest BCUT2D eigenvalue weighted by Crippen LogP contribution is -2.36. The predicted octanol–water partition coefficient (Wildman–Crippen LogP) is 2.59. The molecule has 0 fully saturated rings. The molecule has 0 aromatic heterocycles. The fourth-order valence-corrected chi connectivity index (χ4v) is 3.81. The van der Waals surface area contributed by atoms with Crippen LogP contribution in [0.15, 0.2) is 29.2 Å². The number of hydrogen-bond acceptors (Lipinski definition) is 4. The molecule has 0 amide bonds. The number of benzene rings is 1. The largest absolute Gasteiger partial charge is 0.468 e. The molecule has 104 valence electrons. The Morgan fingerprint density at radius 2 is 2.26 bits per heavy atom. The molecule has 1 unspecified atom stereocenters. The molecule has 1 heterocycles. The maximum absolute atomic E-state index is 11.4. The lowest BCUT2D eigenvalue weighted by molar-refractivity contribution is -0.141. The number of thioether (sulfide) groups is 1. The molecule has 1 aliphatic rings. The molecule has 0 aliphatic carbocycles. The third-order valence-electron chi connectivity index (χ3n) is 3.30. The van der Waals surface area contributed by atoms with Gasteiger partial charge in [-0.2, -0.15) is 0 Å². The van der Waals surface area contributed by atoms with Gasteiger partial charge in [0.25, 0.3) is 0 Å². The van der Waals surface area contributed by atoms with E-state index >= 15 is 0 Å². The van der Waals surface area contributed by atoms with Crippen LogP contribution >= 0.6 is 11.8 Å². The first-order valence-electron chi connectivity index (χ1n) is 6.76. The van der Waals surface area contributed by atoms with Crippen molar-refractivity contribution in [3.63, 3.8) is 0 Å². The number of esters is 1. The average molecular weight is 279 g/mol. The van der Waals surface area contributed by atoms with E-state index < -0.39 is 0 Å². The van der Waals surface area contributed by atoms with Gasteiger partial charge in [0.1, 0.15) is 0 Å². The van der Waals surface area contributed by atoms with Crippen LogP contribution in [0.2, 0.25) is 0 Å². The van der Waals surface area contributed by atoms with Crippen LogP contribution in [0.3, 0.4) is 0 Å². The molecule has 0 bridgehead atoms. The Morgan fingerprint density at radius 3 is 2.95 bits per heavy atom. The van der Waals surface area contributed by atoms with Crippen molar-refractivity contribution >= 4 is 17.7 Å². The second-order valence-corrected chi connectivity index (χ2v) is 6.21. The zero-order valence-electron chi connectivity index (χ0n) is 11.6. The predicted molar refractivity (Wildman–Crippen MR) is 78.5 cm³/mol. The van der Waals surface area contributed by atoms with Gasteiger partial charge in [0, 0.05) is 16.7 Å². The summed E-state index contributed by atoms with van der Waals surface area (Å²) in [6, 6.07) is 8.57. The summed E-state index contributed by atoms with van der Waals surface area (Å²) in [4.78, 5) is 15.0. The van der Waals surface area contributed by atoms with E-state index in [4.69, 9.17) is 4.74 Å². The van der Waals surface area contributed by atoms with Gasteiger partial charge in [0.2, 0.25) is 0 Å². The van der Waals surface area contributed by atoms with Gasteiger partial charge in [-0.1, -0.05) is 25.1 Å². The molecule has 0 saturated heterocycles. The number of ether oxygens (including phenoxy) is 1. The molecule has 0 N–H and O–H groups in total. The third-order valence-corrected chi connectivity index (χ3v) is 4.60. The van der Waals surface area contributed by atoms with Gasteiger partial charge in [-0.15, -0.1) is 11.8 Å². The first kappa shape index (κ1) is 14.4. The van der Waals surface area contributed by atoms with Crippen LogP contribution in [0.4, 0.5) is 0 Å². The molecule has 0 radical (unpaired) electrons. The van der Waals surface area contributed by atoms with E-state index in [1.807, 2.05) is 11.8 Å². The third kappa shape index (κ3) is 3.98. The summed E-state index contributed by atoms with van der Waals surface area (Å²) in [5.41, 5.74) is 1.44. The summed E-state index contributed by atoms with van der Waals surface area (Å²) in [6.45, 7) is 4.43. The summed E-state index contributed by atoms with van der Waals surface area (Å²) in [7, 11) is 1.45. The first-order chi connectivity index (χ1) is 9.22. The molecule has 0 saturated carbocycles. The summed E-state index contributed by atoms with van der Waals surface area (Å²) in [5, 5.41) is 0.550. The number of hydrogen-bond donors (Lipinski definition) is 0. The highest BCUT2D eigenvalue weighted by Crippen LogP contribution is 2.36. The van der Waals surface area contributed by atoms with Gasteiger partial charge in [-0.3, -0.25) is 9.69 Å². The second-order valence-electron chi connectivity index (χ2n) is 4.86. The van der Waals surface area contributed by atoms with Crippen molar-refractivity contribution < 1.29 is 9.53 Å². The number of rotatable bonds is 6. The normalized spacial score (nSPS) is 17.5. The second kappa shape index (κ2) is 6.96. The summed E-state index contributed by atoms with van der Waals surface area (Å²) < 4.78 is 4.77. The molecular formula is C15H21NO2S. The Balaban J connectivity index is 1.91. The van der Waals surface area contributed by atoms with E-state index in [2.05, 4.69) is 36.1 Å². The number of fused-ring (bicyclic) bond motifs is 1. The molecule has 4 heteroatoms. The fraction of sp³-hybridized carbons (Fsp3) is 0.533. The van der Waals surface area contributed by atoms with E-state index in [9.17, 15) is 4.79 Å². The van der Waals surface area contributed by atoms with E-state index in [1.165, 1.54) is 17.6 Å². The number of methoxy groups -OCH3 is 1. The fourth-order valence-electron chi connectivity index (χ4n) is 2.44. The van der Waals surface area contributed by atoms with E-state index in [0.29, 0.717) is 11.8 Å². The summed E-state index contributed by atoms with van der Waals surface area (Å²) >= 11 is 1.93. The van der Waals surface area contributed by atoms with E-state index in [-0.39, 0.29) is 5.97 Å². The van der Waals surface area contributed by atoms with Crippen LogP contribution in [-0.2, 0) is 16.0 Å². The van der Waals surface area contributed by atoms with E-state index in [0.717, 1.165) is 25.9 Å². The Bertz CT molecular complexity index is 411. The Hall–Kier alpha value is -1.00. The number of carbonyl (C=O) groups is 1. The zero-order valence-corrected chi connectivity index (χ0v) is 12.4. The lowest BCUT2D eigenvalue weighted by atomic mass is 10.1. The van der Waals surface area contributed by atoms with Crippen LogP contribution in [0, 0.1) is 0 Å². The summed E-state index contributed by atoms with van der Waals surface area (Å²) in [5.74, 6) is -0.144. The van der Waals surface area contributed by atoms with Crippen LogP contribution < -0.4 is 0 Å².